The third kappa shape index (κ3) is 25.3. The Bertz CT molecular complexity index is 4260. The van der Waals surface area contributed by atoms with Gasteiger partial charge >= 0.3 is 11.9 Å². The minimum absolute atomic E-state index is 0.00199. The number of carbonyl (C=O) groups is 15. The molecule has 36 nitrogen and oxygen atoms in total. The highest BCUT2D eigenvalue weighted by molar-refractivity contribution is 8.76. The second kappa shape index (κ2) is 42.1. The van der Waals surface area contributed by atoms with E-state index in [4.69, 9.17) is 22.6 Å². The van der Waals surface area contributed by atoms with Crippen LogP contribution in [0, 0.1) is 5.41 Å². The Morgan fingerprint density at radius 3 is 1.87 bits per heavy atom. The highest BCUT2D eigenvalue weighted by atomic mass is 33.1. The number of primary amides is 1. The number of aliphatic carboxylic acids is 2. The number of amides is 13. The summed E-state index contributed by atoms with van der Waals surface area (Å²) in [5, 5.41) is 59.3. The zero-order chi connectivity index (χ0) is 81.1. The van der Waals surface area contributed by atoms with Gasteiger partial charge in [-0.1, -0.05) is 107 Å². The summed E-state index contributed by atoms with van der Waals surface area (Å²) in [5.74, 6) is -15.6. The number of carbonyl (C=O) groups excluding carboxylic acids is 13. The van der Waals surface area contributed by atoms with Gasteiger partial charge < -0.3 is 101 Å². The highest BCUT2D eigenvalue weighted by Gasteiger charge is 2.45. The van der Waals surface area contributed by atoms with Gasteiger partial charge in [0.2, 0.25) is 76.8 Å². The molecule has 38 heteroatoms. The van der Waals surface area contributed by atoms with E-state index >= 15 is 24.0 Å². The molecular weight excluding hydrogens is 1490 g/mol. The molecule has 0 spiro atoms. The number of nitrogens with one attached hydrogen (secondary N) is 13. The molecule has 4 aromatic carbocycles. The first-order chi connectivity index (χ1) is 53.6. The molecule has 21 N–H and O–H groups in total. The number of carboxylic acid groups (broad SMARTS) is 2. The van der Waals surface area contributed by atoms with Gasteiger partial charge in [-0.25, -0.2) is 4.98 Å². The Kier molecular flexibility index (Phi) is 32.4. The number of imidazole rings is 1. The van der Waals surface area contributed by atoms with Crippen molar-refractivity contribution >= 4 is 138 Å². The highest BCUT2D eigenvalue weighted by Crippen LogP contribution is 2.30. The summed E-state index contributed by atoms with van der Waals surface area (Å²) in [6.07, 6.45) is 1.24. The predicted molar refractivity (Wildman–Crippen MR) is 413 cm³/mol. The van der Waals surface area contributed by atoms with Gasteiger partial charge in [0.25, 0.3) is 0 Å². The summed E-state index contributed by atoms with van der Waals surface area (Å²) in [6, 6.07) is 7.34. The largest absolute Gasteiger partial charge is 0.481 e. The van der Waals surface area contributed by atoms with E-state index in [1.807, 2.05) is 48.5 Å². The number of aromatic nitrogens is 2. The summed E-state index contributed by atoms with van der Waals surface area (Å²) >= 11 is 0. The first-order valence-corrected chi connectivity index (χ1v) is 39.3. The minimum Gasteiger partial charge on any atom is -0.481 e. The number of likely N-dealkylation sites (tertiary alicyclic amines) is 2. The lowest BCUT2D eigenvalue weighted by atomic mass is 9.97. The van der Waals surface area contributed by atoms with Gasteiger partial charge in [0, 0.05) is 69.9 Å². The molecule has 8 rings (SSSR count). The van der Waals surface area contributed by atoms with Crippen LogP contribution in [0.3, 0.4) is 0 Å². The molecule has 0 aliphatic carbocycles. The number of unbranched alkanes of at least 4 members (excludes halogenated alkanes) is 1. The van der Waals surface area contributed by atoms with Crippen LogP contribution in [0.25, 0.3) is 21.5 Å². The lowest BCUT2D eigenvalue weighted by Gasteiger charge is -2.33. The van der Waals surface area contributed by atoms with E-state index in [0.717, 1.165) is 44.7 Å². The van der Waals surface area contributed by atoms with E-state index in [1.165, 1.54) is 29.2 Å². The quantitative estimate of drug-likeness (QED) is 0.0120. The number of hydrogen-bond donors (Lipinski definition) is 18. The third-order valence-electron chi connectivity index (χ3n) is 19.2. The molecule has 0 radical (unpaired) electrons. The lowest BCUT2D eigenvalue weighted by Crippen LogP contribution is -2.61. The fraction of sp³-hybridized carbons (Fsp3) is 0.473. The standard InChI is InChI=1S/C74H97N19O17S2/c1-40-63(100)91-57(72(109)93-30-12-22-59(93)73(110)92-29-11-21-58(92)71(108)86-49(19-7-8-27-75)64(101)87-52(62(76)99)35-61(97)98)38-112-111-37-56(83-41(2)94)70(107)85-51(25-26-60(95)96)66(103)90-55(34-47-36-79-39-81-47)69(106)88-53(32-42-23-24-43-13-3-4-15-45(43)31-42)68(105)84-50(20-10-28-80-74(77)78)65(102)89-54(67(104)82-40)33-46-17-9-16-44-14-5-6-18-48(44)46/h3-6,9,13-18,23-24,31,36,39-40,49-59H,7-8,10-12,19-22,25-30,32-35,37-38,75H2,1-2H3,(H2,76,99)(H,79,81)(H,82,104)(H,83,94)(H,84,105)(H,85,107)(H,86,108)(H,87,101)(H,88,106)(H,89,102)(H,90,103)(H,91,100)(H,95,96)(H,97,98)(H4,77,78,80)/t40-,49-,50-,51-,52-,53+,54-,55-,56-,57-,58-,59-/m0/s1. The molecule has 112 heavy (non-hydrogen) atoms. The van der Waals surface area contributed by atoms with Crippen molar-refractivity contribution < 1.29 is 82.1 Å². The van der Waals surface area contributed by atoms with Gasteiger partial charge in [0.15, 0.2) is 5.96 Å². The van der Waals surface area contributed by atoms with Crippen molar-refractivity contribution in [2.45, 2.75) is 183 Å². The van der Waals surface area contributed by atoms with Crippen molar-refractivity contribution in [1.82, 2.24) is 78.3 Å². The molecular formula is C74H97N19O17S2. The van der Waals surface area contributed by atoms with Crippen LogP contribution in [-0.2, 0) is 91.2 Å². The van der Waals surface area contributed by atoms with Crippen LogP contribution in [-0.4, -0.2) is 235 Å². The Morgan fingerprint density at radius 1 is 0.616 bits per heavy atom. The second-order valence-corrected chi connectivity index (χ2v) is 30.2. The lowest BCUT2D eigenvalue weighted by molar-refractivity contribution is -0.148. The summed E-state index contributed by atoms with van der Waals surface area (Å²) in [7, 11) is 1.84. The molecule has 0 saturated carbocycles. The average molecular weight is 1590 g/mol. The number of rotatable bonds is 27. The van der Waals surface area contributed by atoms with E-state index in [-0.39, 0.29) is 101 Å². The van der Waals surface area contributed by atoms with E-state index in [9.17, 15) is 58.2 Å². The van der Waals surface area contributed by atoms with Gasteiger partial charge in [-0.15, -0.1) is 0 Å². The maximum atomic E-state index is 15.4. The number of H-pyrrole nitrogens is 1. The molecule has 602 valence electrons. The number of carboxylic acids is 2. The molecule has 4 heterocycles. The zero-order valence-corrected chi connectivity index (χ0v) is 63.6. The predicted octanol–water partition coefficient (Wildman–Crippen LogP) is -1.77. The normalized spacial score (nSPS) is 22.6. The third-order valence-corrected chi connectivity index (χ3v) is 21.6. The van der Waals surface area contributed by atoms with Crippen LogP contribution in [0.2, 0.25) is 0 Å². The van der Waals surface area contributed by atoms with Crippen LogP contribution < -0.4 is 75.7 Å². The molecule has 0 unspecified atom stereocenters. The number of benzene rings is 4. The Hall–Kier alpha value is -11.4. The molecule has 5 aromatic rings. The maximum absolute atomic E-state index is 15.4. The first-order valence-electron chi connectivity index (χ1n) is 36.9. The van der Waals surface area contributed by atoms with Crippen molar-refractivity contribution in [3.05, 3.63) is 114 Å². The molecule has 1 aromatic heterocycles. The Balaban J connectivity index is 1.15. The number of nitrogens with two attached hydrogens (primary N) is 3. The summed E-state index contributed by atoms with van der Waals surface area (Å²) < 4.78 is 0. The number of guanidine groups is 1. The van der Waals surface area contributed by atoms with Crippen molar-refractivity contribution in [2.24, 2.45) is 17.2 Å². The zero-order valence-electron chi connectivity index (χ0n) is 61.9. The van der Waals surface area contributed by atoms with E-state index in [2.05, 4.69) is 68.5 Å². The Labute approximate surface area is 652 Å². The minimum atomic E-state index is -1.71. The van der Waals surface area contributed by atoms with Gasteiger partial charge in [0.05, 0.1) is 18.4 Å². The summed E-state index contributed by atoms with van der Waals surface area (Å²) in [5.41, 5.74) is 18.1. The van der Waals surface area contributed by atoms with E-state index in [0.29, 0.717) is 35.8 Å². The van der Waals surface area contributed by atoms with Gasteiger partial charge in [-0.3, -0.25) is 77.3 Å². The van der Waals surface area contributed by atoms with Crippen molar-refractivity contribution in [1.29, 1.82) is 5.41 Å². The monoisotopic (exact) mass is 1590 g/mol. The summed E-state index contributed by atoms with van der Waals surface area (Å²) in [4.78, 5) is 222. The molecule has 3 aliphatic rings. The molecule has 3 aliphatic heterocycles. The molecule has 3 fully saturated rings. The molecule has 3 saturated heterocycles. The number of fused-ring (bicyclic) bond motifs is 2. The molecule has 13 amide bonds. The van der Waals surface area contributed by atoms with Gasteiger partial charge in [-0.2, -0.15) is 0 Å². The van der Waals surface area contributed by atoms with Gasteiger partial charge in [-0.05, 0) is 110 Å². The Morgan fingerprint density at radius 2 is 1.21 bits per heavy atom. The van der Waals surface area contributed by atoms with Crippen LogP contribution >= 0.6 is 21.6 Å². The smallest absolute Gasteiger partial charge is 0.305 e. The van der Waals surface area contributed by atoms with E-state index < -0.39 is 186 Å². The van der Waals surface area contributed by atoms with Crippen LogP contribution in [0.15, 0.2) is 97.5 Å². The number of hydrogen-bond acceptors (Lipinski definition) is 20. The fourth-order valence-electron chi connectivity index (χ4n) is 13.4. The first kappa shape index (κ1) is 86.2. The molecule has 0 bridgehead atoms. The van der Waals surface area contributed by atoms with Crippen LogP contribution in [0.4, 0.5) is 0 Å². The van der Waals surface area contributed by atoms with Gasteiger partial charge in [0.1, 0.15) is 72.5 Å². The average Bonchev–Trinajstić information content (AvgIpc) is 1.64. The van der Waals surface area contributed by atoms with Crippen molar-refractivity contribution in [3.8, 4) is 0 Å². The number of nitrogens with zero attached hydrogens (tertiary/aromatic N) is 3. The van der Waals surface area contributed by atoms with Crippen LogP contribution in [0.1, 0.15) is 108 Å². The molecule has 12 atom stereocenters. The van der Waals surface area contributed by atoms with Crippen molar-refractivity contribution in [2.75, 3.05) is 37.7 Å². The summed E-state index contributed by atoms with van der Waals surface area (Å²) in [6.45, 7) is 2.67. The SMILES string of the molecule is CC(=O)N[C@H]1CSSC[C@@H](C(=O)N2CCC[C@H]2C(=O)N2CCC[C@H]2C(=O)N[C@@H](CCCCN)C(=O)N[C@@H](CC(=O)O)C(N)=O)NC(=O)[C@H](C)NC(=O)[C@H](Cc2cccc3ccccc23)NC(=O)[C@H](CCCNC(=N)N)NC(=O)[C@@H](Cc2ccc3ccccc3c2)NC(=O)[C@H](Cc2c[nH]cn2)NC(=O)[C@H](CCC(=O)O)NC1=O. The van der Waals surface area contributed by atoms with Crippen molar-refractivity contribution in [3.63, 3.8) is 0 Å². The second-order valence-electron chi connectivity index (χ2n) is 27.6. The maximum Gasteiger partial charge on any atom is 0.305 e. The fourth-order valence-corrected chi connectivity index (χ4v) is 15.7. The topological polar surface area (TPSA) is 566 Å². The van der Waals surface area contributed by atoms with E-state index in [1.54, 1.807) is 36.4 Å². The number of aromatic amines is 1. The van der Waals surface area contributed by atoms with Crippen LogP contribution in [0.5, 0.6) is 0 Å².